The van der Waals surface area contributed by atoms with E-state index < -0.39 is 12.2 Å². The molecule has 8 nitrogen and oxygen atoms in total. The number of aryl methyl sites for hydroxylation is 1. The summed E-state index contributed by atoms with van der Waals surface area (Å²) in [5.41, 5.74) is 3.25. The van der Waals surface area contributed by atoms with E-state index in [-0.39, 0.29) is 25.1 Å². The van der Waals surface area contributed by atoms with Crippen molar-refractivity contribution < 1.29 is 23.8 Å². The summed E-state index contributed by atoms with van der Waals surface area (Å²) in [4.78, 5) is 24.5. The molecule has 2 aromatic carbocycles. The number of alkyl carbamates (subject to hydrolysis) is 1. The molecule has 3 atom stereocenters. The molecule has 9 heteroatoms. The number of rotatable bonds is 12. The van der Waals surface area contributed by atoms with E-state index in [0.29, 0.717) is 23.0 Å². The number of methoxy groups -OCH3 is 1. The smallest absolute Gasteiger partial charge is 0.406 e. The number of amides is 2. The number of nitrogens with one attached hydrogen (secondary N) is 3. The van der Waals surface area contributed by atoms with E-state index in [9.17, 15) is 9.59 Å². The van der Waals surface area contributed by atoms with Crippen molar-refractivity contribution >= 4 is 23.6 Å². The van der Waals surface area contributed by atoms with Gasteiger partial charge in [0.2, 0.25) is 0 Å². The van der Waals surface area contributed by atoms with Gasteiger partial charge in [0.25, 0.3) is 5.91 Å². The third-order valence-electron chi connectivity index (χ3n) is 6.61. The molecule has 3 N–H and O–H groups in total. The van der Waals surface area contributed by atoms with Crippen molar-refractivity contribution in [3.05, 3.63) is 69.7 Å². The largest absolute Gasteiger partial charge is 0.453 e. The molecule has 0 aliphatic carbocycles. The Morgan fingerprint density at radius 3 is 2.73 bits per heavy atom. The molecule has 0 bridgehead atoms. The molecule has 1 saturated heterocycles. The lowest BCUT2D eigenvalue weighted by Crippen LogP contribution is -2.41. The summed E-state index contributed by atoms with van der Waals surface area (Å²) in [6.07, 6.45) is 2.22. The lowest BCUT2D eigenvalue weighted by Gasteiger charge is -2.26. The van der Waals surface area contributed by atoms with Crippen molar-refractivity contribution in [2.75, 3.05) is 47.1 Å². The summed E-state index contributed by atoms with van der Waals surface area (Å²) in [6.45, 7) is 4.66. The topological polar surface area (TPSA) is 97.9 Å². The van der Waals surface area contributed by atoms with Crippen LogP contribution in [-0.4, -0.2) is 65.1 Å². The van der Waals surface area contributed by atoms with Crippen LogP contribution in [0.5, 0.6) is 0 Å². The van der Waals surface area contributed by atoms with E-state index in [1.54, 1.807) is 6.07 Å². The van der Waals surface area contributed by atoms with Crippen molar-refractivity contribution in [2.24, 2.45) is 5.92 Å². The highest BCUT2D eigenvalue weighted by molar-refractivity contribution is 6.30. The van der Waals surface area contributed by atoms with Gasteiger partial charge in [0.1, 0.15) is 6.10 Å². The van der Waals surface area contributed by atoms with Gasteiger partial charge in [-0.1, -0.05) is 29.8 Å². The predicted octanol–water partition coefficient (Wildman–Crippen LogP) is 4.24. The summed E-state index contributed by atoms with van der Waals surface area (Å²) in [5, 5.41) is 9.61. The summed E-state index contributed by atoms with van der Waals surface area (Å²) in [6, 6.07) is 13.2. The van der Waals surface area contributed by atoms with E-state index >= 15 is 0 Å². The molecule has 202 valence electrons. The number of halogens is 1. The van der Waals surface area contributed by atoms with Crippen LogP contribution in [-0.2, 0) is 14.2 Å². The number of hydrogen-bond acceptors (Lipinski definition) is 6. The Balaban J connectivity index is 1.72. The van der Waals surface area contributed by atoms with Gasteiger partial charge in [-0.15, -0.1) is 0 Å². The summed E-state index contributed by atoms with van der Waals surface area (Å²) in [7, 11) is 3.24. The Labute approximate surface area is 224 Å². The second-order valence-electron chi connectivity index (χ2n) is 9.31. The maximum atomic E-state index is 13.1. The zero-order valence-electron chi connectivity index (χ0n) is 21.8. The van der Waals surface area contributed by atoms with Gasteiger partial charge >= 0.3 is 6.09 Å². The minimum absolute atomic E-state index is 0.140. The molecule has 0 saturated carbocycles. The molecule has 0 radical (unpaired) electrons. The standard InChI is InChI=1S/C28H38ClN3O5/c1-19-9-10-22(27(33)32-17-24(30-2)14-20-6-5-12-36-18-20)16-25(19)26(21-7-4-8-23(29)15-21)37-13-11-31-28(34)35-3/h4,7-10,15-16,20,24,26,30H,5-6,11-14,17-18H2,1-3H3,(H,31,34)(H,32,33)/t20-,24?,26?/m1/s1. The first-order valence-corrected chi connectivity index (χ1v) is 13.1. The predicted molar refractivity (Wildman–Crippen MR) is 144 cm³/mol. The highest BCUT2D eigenvalue weighted by Crippen LogP contribution is 2.31. The third kappa shape index (κ3) is 9.00. The Hall–Kier alpha value is -2.65. The number of ether oxygens (including phenoxy) is 3. The Morgan fingerprint density at radius 2 is 2.03 bits per heavy atom. The first kappa shape index (κ1) is 28.9. The quantitative estimate of drug-likeness (QED) is 0.354. The molecular formula is C28H38ClN3O5. The maximum Gasteiger partial charge on any atom is 0.406 e. The summed E-state index contributed by atoms with van der Waals surface area (Å²) >= 11 is 6.27. The molecular weight excluding hydrogens is 494 g/mol. The molecule has 1 aliphatic heterocycles. The van der Waals surface area contributed by atoms with Gasteiger partial charge in [0.15, 0.2) is 0 Å². The van der Waals surface area contributed by atoms with E-state index in [0.717, 1.165) is 49.2 Å². The van der Waals surface area contributed by atoms with Gasteiger partial charge in [-0.3, -0.25) is 4.79 Å². The molecule has 1 fully saturated rings. The third-order valence-corrected chi connectivity index (χ3v) is 6.84. The van der Waals surface area contributed by atoms with Crippen molar-refractivity contribution in [1.82, 2.24) is 16.0 Å². The molecule has 2 aromatic rings. The van der Waals surface area contributed by atoms with Crippen LogP contribution in [0.3, 0.4) is 0 Å². The molecule has 0 spiro atoms. The molecule has 2 unspecified atom stereocenters. The molecule has 1 heterocycles. The molecule has 37 heavy (non-hydrogen) atoms. The van der Waals surface area contributed by atoms with Gasteiger partial charge in [-0.05, 0) is 80.1 Å². The van der Waals surface area contributed by atoms with Crippen molar-refractivity contribution in [3.8, 4) is 0 Å². The van der Waals surface area contributed by atoms with E-state index in [2.05, 4.69) is 20.7 Å². The average molecular weight is 532 g/mol. The average Bonchev–Trinajstić information content (AvgIpc) is 2.91. The van der Waals surface area contributed by atoms with Crippen molar-refractivity contribution in [1.29, 1.82) is 0 Å². The minimum Gasteiger partial charge on any atom is -0.453 e. The number of hydrogen-bond donors (Lipinski definition) is 3. The fourth-order valence-corrected chi connectivity index (χ4v) is 4.72. The fraction of sp³-hybridized carbons (Fsp3) is 0.500. The van der Waals surface area contributed by atoms with Crippen LogP contribution in [0.25, 0.3) is 0 Å². The molecule has 1 aliphatic rings. The van der Waals surface area contributed by atoms with Crippen LogP contribution >= 0.6 is 11.6 Å². The van der Waals surface area contributed by atoms with Crippen LogP contribution in [0.4, 0.5) is 4.79 Å². The number of carbonyl (C=O) groups excluding carboxylic acids is 2. The second-order valence-corrected chi connectivity index (χ2v) is 9.75. The maximum absolute atomic E-state index is 13.1. The van der Waals surface area contributed by atoms with Gasteiger partial charge < -0.3 is 30.2 Å². The monoisotopic (exact) mass is 531 g/mol. The van der Waals surface area contributed by atoms with Crippen LogP contribution in [0, 0.1) is 12.8 Å². The highest BCUT2D eigenvalue weighted by Gasteiger charge is 2.22. The highest BCUT2D eigenvalue weighted by atomic mass is 35.5. The Morgan fingerprint density at radius 1 is 1.19 bits per heavy atom. The molecule has 3 rings (SSSR count). The van der Waals surface area contributed by atoms with Gasteiger partial charge in [-0.2, -0.15) is 0 Å². The first-order valence-electron chi connectivity index (χ1n) is 12.7. The number of benzene rings is 2. The lowest BCUT2D eigenvalue weighted by atomic mass is 9.94. The van der Waals surface area contributed by atoms with Crippen LogP contribution < -0.4 is 16.0 Å². The Kier molecular flexibility index (Phi) is 11.7. The summed E-state index contributed by atoms with van der Waals surface area (Å²) < 4.78 is 16.4. The van der Waals surface area contributed by atoms with Gasteiger partial charge in [0, 0.05) is 42.9 Å². The fourth-order valence-electron chi connectivity index (χ4n) is 4.52. The van der Waals surface area contributed by atoms with Gasteiger partial charge in [0.05, 0.1) is 13.7 Å². The number of carbonyl (C=O) groups is 2. The van der Waals surface area contributed by atoms with Crippen LogP contribution in [0.1, 0.15) is 52.4 Å². The van der Waals surface area contributed by atoms with Crippen LogP contribution in [0.15, 0.2) is 42.5 Å². The lowest BCUT2D eigenvalue weighted by molar-refractivity contribution is 0.0478. The Bertz CT molecular complexity index is 1030. The zero-order chi connectivity index (χ0) is 26.6. The number of likely N-dealkylation sites (N-methyl/N-ethyl adjacent to an activating group) is 1. The molecule has 0 aromatic heterocycles. The SMILES string of the molecule is CNC(CNC(=O)c1ccc(C)c(C(OCCNC(=O)OC)c2cccc(Cl)c2)c1)C[C@H]1CCCOC1. The zero-order valence-corrected chi connectivity index (χ0v) is 22.6. The van der Waals surface area contributed by atoms with E-state index in [1.165, 1.54) is 7.11 Å². The first-order chi connectivity index (χ1) is 17.9. The minimum atomic E-state index is -0.520. The van der Waals surface area contributed by atoms with Crippen molar-refractivity contribution in [2.45, 2.75) is 38.3 Å². The van der Waals surface area contributed by atoms with E-state index in [4.69, 9.17) is 21.1 Å². The second kappa shape index (κ2) is 14.9. The normalized spacial score (nSPS) is 17.0. The van der Waals surface area contributed by atoms with Crippen molar-refractivity contribution in [3.63, 3.8) is 0 Å². The summed E-state index contributed by atoms with van der Waals surface area (Å²) in [5.74, 6) is 0.372. The van der Waals surface area contributed by atoms with Crippen LogP contribution in [0.2, 0.25) is 5.02 Å². The van der Waals surface area contributed by atoms with Gasteiger partial charge in [-0.25, -0.2) is 4.79 Å². The van der Waals surface area contributed by atoms with E-state index in [1.807, 2.05) is 50.4 Å². The molecule has 2 amide bonds.